The summed E-state index contributed by atoms with van der Waals surface area (Å²) in [4.78, 5) is 0. The molecule has 1 heterocycles. The number of nitrogens with two attached hydrogens (primary N) is 1. The lowest BCUT2D eigenvalue weighted by Crippen LogP contribution is -2.29. The maximum Gasteiger partial charge on any atom is 0.139 e. The van der Waals surface area contributed by atoms with Crippen molar-refractivity contribution in [1.82, 2.24) is 5.16 Å². The Hall–Kier alpha value is -1.32. The maximum atomic E-state index is 7.64. The van der Waals surface area contributed by atoms with E-state index in [4.69, 9.17) is 15.7 Å². The molecular formula is C11H17N3O. The smallest absolute Gasteiger partial charge is 0.139 e. The van der Waals surface area contributed by atoms with Crippen molar-refractivity contribution in [3.63, 3.8) is 0 Å². The molecule has 2 atom stereocenters. The molecule has 4 nitrogen and oxygen atoms in total. The Labute approximate surface area is 89.3 Å². The molecule has 0 bridgehead atoms. The van der Waals surface area contributed by atoms with Gasteiger partial charge in [0.15, 0.2) is 0 Å². The third-order valence-electron chi connectivity index (χ3n) is 3.34. The lowest BCUT2D eigenvalue weighted by Gasteiger charge is -2.09. The van der Waals surface area contributed by atoms with Crippen molar-refractivity contribution in [2.24, 2.45) is 11.7 Å². The van der Waals surface area contributed by atoms with E-state index in [1.807, 2.05) is 6.07 Å². The third-order valence-corrected chi connectivity index (χ3v) is 3.34. The molecule has 1 aliphatic carbocycles. The SMILES string of the molecule is CC(C)c1cc(C2(C(=N)N)CC2C)no1. The van der Waals surface area contributed by atoms with Crippen LogP contribution in [0.2, 0.25) is 0 Å². The van der Waals surface area contributed by atoms with Gasteiger partial charge < -0.3 is 10.3 Å². The molecular weight excluding hydrogens is 190 g/mol. The first-order valence-corrected chi connectivity index (χ1v) is 5.30. The number of nitrogens with one attached hydrogen (secondary N) is 1. The van der Waals surface area contributed by atoms with E-state index in [0.29, 0.717) is 11.8 Å². The molecule has 0 aromatic carbocycles. The first-order valence-electron chi connectivity index (χ1n) is 5.30. The predicted octanol–water partition coefficient (Wildman–Crippen LogP) is 2.01. The average Bonchev–Trinajstić information content (AvgIpc) is 2.64. The summed E-state index contributed by atoms with van der Waals surface area (Å²) in [5, 5.41) is 11.7. The molecule has 2 rings (SSSR count). The molecule has 2 unspecified atom stereocenters. The fraction of sp³-hybridized carbons (Fsp3) is 0.636. The lowest BCUT2D eigenvalue weighted by molar-refractivity contribution is 0.363. The molecule has 0 spiro atoms. The minimum atomic E-state index is -0.337. The zero-order chi connectivity index (χ0) is 11.2. The van der Waals surface area contributed by atoms with Gasteiger partial charge >= 0.3 is 0 Å². The van der Waals surface area contributed by atoms with Crippen molar-refractivity contribution < 1.29 is 4.52 Å². The standard InChI is InChI=1S/C11H17N3O/c1-6(2)8-4-9(14-15-8)11(10(12)13)5-7(11)3/h4,6-7H,5H2,1-3H3,(H3,12,13). The van der Waals surface area contributed by atoms with E-state index in [-0.39, 0.29) is 11.3 Å². The van der Waals surface area contributed by atoms with Gasteiger partial charge in [0.25, 0.3) is 0 Å². The summed E-state index contributed by atoms with van der Waals surface area (Å²) < 4.78 is 5.25. The molecule has 0 amide bonds. The molecule has 0 radical (unpaired) electrons. The molecule has 4 heteroatoms. The monoisotopic (exact) mass is 207 g/mol. The minimum Gasteiger partial charge on any atom is -0.387 e. The Balaban J connectivity index is 2.33. The number of nitrogens with zero attached hydrogens (tertiary/aromatic N) is 1. The zero-order valence-corrected chi connectivity index (χ0v) is 9.37. The van der Waals surface area contributed by atoms with E-state index >= 15 is 0 Å². The van der Waals surface area contributed by atoms with Gasteiger partial charge in [-0.2, -0.15) is 0 Å². The second-order valence-electron chi connectivity index (χ2n) is 4.76. The quantitative estimate of drug-likeness (QED) is 0.588. The van der Waals surface area contributed by atoms with Crippen LogP contribution in [0.4, 0.5) is 0 Å². The van der Waals surface area contributed by atoms with Gasteiger partial charge in [-0.15, -0.1) is 0 Å². The van der Waals surface area contributed by atoms with E-state index in [9.17, 15) is 0 Å². The van der Waals surface area contributed by atoms with Gasteiger partial charge in [-0.05, 0) is 12.3 Å². The first kappa shape index (κ1) is 10.2. The maximum absolute atomic E-state index is 7.64. The number of amidine groups is 1. The molecule has 1 aromatic rings. The van der Waals surface area contributed by atoms with Crippen LogP contribution >= 0.6 is 0 Å². The molecule has 1 saturated carbocycles. The highest BCUT2D eigenvalue weighted by Gasteiger charge is 2.57. The van der Waals surface area contributed by atoms with Crippen LogP contribution in [0.3, 0.4) is 0 Å². The van der Waals surface area contributed by atoms with Crippen molar-refractivity contribution >= 4 is 5.84 Å². The molecule has 82 valence electrons. The summed E-state index contributed by atoms with van der Waals surface area (Å²) in [5.41, 5.74) is 6.13. The van der Waals surface area contributed by atoms with Crippen molar-refractivity contribution in [3.05, 3.63) is 17.5 Å². The second-order valence-corrected chi connectivity index (χ2v) is 4.76. The van der Waals surface area contributed by atoms with Gasteiger partial charge in [-0.1, -0.05) is 25.9 Å². The topological polar surface area (TPSA) is 75.9 Å². The summed E-state index contributed by atoms with van der Waals surface area (Å²) in [6, 6.07) is 1.94. The second kappa shape index (κ2) is 3.08. The Bertz CT molecular complexity index is 396. The largest absolute Gasteiger partial charge is 0.387 e. The van der Waals surface area contributed by atoms with Gasteiger partial charge in [-0.25, -0.2) is 0 Å². The molecule has 1 aliphatic rings. The van der Waals surface area contributed by atoms with Crippen LogP contribution in [0, 0.1) is 11.3 Å². The summed E-state index contributed by atoms with van der Waals surface area (Å²) in [7, 11) is 0. The van der Waals surface area contributed by atoms with Gasteiger partial charge in [0.1, 0.15) is 11.6 Å². The summed E-state index contributed by atoms with van der Waals surface area (Å²) in [6.45, 7) is 6.20. The Morgan fingerprint density at radius 1 is 1.73 bits per heavy atom. The highest BCUT2D eigenvalue weighted by Crippen LogP contribution is 2.53. The van der Waals surface area contributed by atoms with Crippen LogP contribution in [0.5, 0.6) is 0 Å². The van der Waals surface area contributed by atoms with Crippen LogP contribution < -0.4 is 5.73 Å². The van der Waals surface area contributed by atoms with Crippen LogP contribution in [-0.2, 0) is 5.41 Å². The van der Waals surface area contributed by atoms with Crippen LogP contribution in [0.1, 0.15) is 44.6 Å². The Morgan fingerprint density at radius 3 is 2.67 bits per heavy atom. The lowest BCUT2D eigenvalue weighted by atomic mass is 9.97. The highest BCUT2D eigenvalue weighted by atomic mass is 16.5. The summed E-state index contributed by atoms with van der Waals surface area (Å²) in [5.74, 6) is 1.80. The third kappa shape index (κ3) is 1.35. The molecule has 0 aliphatic heterocycles. The first-order chi connectivity index (χ1) is 6.98. The summed E-state index contributed by atoms with van der Waals surface area (Å²) >= 11 is 0. The molecule has 3 N–H and O–H groups in total. The van der Waals surface area contributed by atoms with E-state index in [1.165, 1.54) is 0 Å². The van der Waals surface area contributed by atoms with E-state index in [1.54, 1.807) is 0 Å². The minimum absolute atomic E-state index is 0.207. The van der Waals surface area contributed by atoms with Crippen LogP contribution in [0.25, 0.3) is 0 Å². The molecule has 15 heavy (non-hydrogen) atoms. The molecule has 1 fully saturated rings. The van der Waals surface area contributed by atoms with Crippen molar-refractivity contribution in [2.45, 2.75) is 38.5 Å². The summed E-state index contributed by atoms with van der Waals surface area (Å²) in [6.07, 6.45) is 0.909. The Kier molecular flexibility index (Phi) is 2.10. The molecule has 0 saturated heterocycles. The molecule has 1 aromatic heterocycles. The van der Waals surface area contributed by atoms with E-state index in [2.05, 4.69) is 25.9 Å². The fourth-order valence-corrected chi connectivity index (χ4v) is 2.07. The van der Waals surface area contributed by atoms with Gasteiger partial charge in [0.2, 0.25) is 0 Å². The van der Waals surface area contributed by atoms with Crippen molar-refractivity contribution in [2.75, 3.05) is 0 Å². The highest BCUT2D eigenvalue weighted by molar-refractivity contribution is 5.92. The van der Waals surface area contributed by atoms with Crippen molar-refractivity contribution in [3.8, 4) is 0 Å². The van der Waals surface area contributed by atoms with E-state index < -0.39 is 0 Å². The van der Waals surface area contributed by atoms with E-state index in [0.717, 1.165) is 17.9 Å². The average molecular weight is 207 g/mol. The van der Waals surface area contributed by atoms with Gasteiger partial charge in [0.05, 0.1) is 11.1 Å². The number of rotatable bonds is 3. The van der Waals surface area contributed by atoms with Crippen molar-refractivity contribution in [1.29, 1.82) is 5.41 Å². The van der Waals surface area contributed by atoms with Gasteiger partial charge in [-0.3, -0.25) is 5.41 Å². The Morgan fingerprint density at radius 2 is 2.33 bits per heavy atom. The van der Waals surface area contributed by atoms with Gasteiger partial charge in [0, 0.05) is 12.0 Å². The fourth-order valence-electron chi connectivity index (χ4n) is 2.07. The number of hydrogen-bond donors (Lipinski definition) is 2. The van der Waals surface area contributed by atoms with Crippen LogP contribution in [0.15, 0.2) is 10.6 Å². The number of aromatic nitrogens is 1. The van der Waals surface area contributed by atoms with Crippen LogP contribution in [-0.4, -0.2) is 11.0 Å². The normalized spacial score (nSPS) is 29.5. The zero-order valence-electron chi connectivity index (χ0n) is 9.37. The number of hydrogen-bond acceptors (Lipinski definition) is 3. The predicted molar refractivity (Wildman–Crippen MR) is 58.0 cm³/mol.